The van der Waals surface area contributed by atoms with Crippen LogP contribution in [-0.4, -0.2) is 55.9 Å². The first-order chi connectivity index (χ1) is 8.12. The Bertz CT molecular complexity index is 233. The van der Waals surface area contributed by atoms with Crippen molar-refractivity contribution in [3.8, 4) is 0 Å². The van der Waals surface area contributed by atoms with Crippen molar-refractivity contribution in [3.63, 3.8) is 0 Å². The van der Waals surface area contributed by atoms with Crippen LogP contribution in [0.3, 0.4) is 0 Å². The molecule has 2 rings (SSSR count). The maximum absolute atomic E-state index is 6.54. The quantitative estimate of drug-likeness (QED) is 0.752. The van der Waals surface area contributed by atoms with Gasteiger partial charge in [0.1, 0.15) is 0 Å². The monoisotopic (exact) mass is 241 g/mol. The van der Waals surface area contributed by atoms with Crippen LogP contribution in [0.25, 0.3) is 0 Å². The van der Waals surface area contributed by atoms with Crippen molar-refractivity contribution < 1.29 is 4.74 Å². The minimum Gasteiger partial charge on any atom is -0.381 e. The molecule has 2 aliphatic rings. The summed E-state index contributed by atoms with van der Waals surface area (Å²) in [4.78, 5) is 2.55. The van der Waals surface area contributed by atoms with Crippen LogP contribution in [0.15, 0.2) is 0 Å². The lowest BCUT2D eigenvalue weighted by Gasteiger charge is -2.47. The third-order valence-corrected chi connectivity index (χ3v) is 4.52. The van der Waals surface area contributed by atoms with Crippen molar-refractivity contribution >= 4 is 0 Å². The maximum atomic E-state index is 6.54. The molecule has 0 aromatic carbocycles. The zero-order valence-corrected chi connectivity index (χ0v) is 11.2. The minimum absolute atomic E-state index is 0.101. The van der Waals surface area contributed by atoms with E-state index in [1.165, 1.54) is 0 Å². The van der Waals surface area contributed by atoms with Gasteiger partial charge in [0.15, 0.2) is 0 Å². The molecule has 1 atom stereocenters. The summed E-state index contributed by atoms with van der Waals surface area (Å²) in [6, 6.07) is 0.254. The first-order valence-corrected chi connectivity index (χ1v) is 6.91. The Balaban J connectivity index is 1.96. The van der Waals surface area contributed by atoms with Crippen molar-refractivity contribution in [1.82, 2.24) is 10.2 Å². The van der Waals surface area contributed by atoms with E-state index in [1.807, 2.05) is 0 Å². The normalized spacial score (nSPS) is 27.0. The van der Waals surface area contributed by atoms with Gasteiger partial charge in [-0.1, -0.05) is 0 Å². The second-order valence-electron chi connectivity index (χ2n) is 5.87. The van der Waals surface area contributed by atoms with Gasteiger partial charge in [0, 0.05) is 51.0 Å². The van der Waals surface area contributed by atoms with E-state index in [0.717, 1.165) is 52.2 Å². The van der Waals surface area contributed by atoms with Gasteiger partial charge in [0.25, 0.3) is 0 Å². The third-order valence-electron chi connectivity index (χ3n) is 4.52. The molecule has 3 N–H and O–H groups in total. The maximum Gasteiger partial charge on any atom is 0.0469 e. The summed E-state index contributed by atoms with van der Waals surface area (Å²) in [6.07, 6.45) is 2.24. The molecule has 1 unspecified atom stereocenters. The molecule has 0 bridgehead atoms. The van der Waals surface area contributed by atoms with Gasteiger partial charge in [-0.3, -0.25) is 4.90 Å². The summed E-state index contributed by atoms with van der Waals surface area (Å²) >= 11 is 0. The number of piperazine rings is 1. The number of nitrogens with two attached hydrogens (primary N) is 1. The van der Waals surface area contributed by atoms with E-state index < -0.39 is 0 Å². The smallest absolute Gasteiger partial charge is 0.0469 e. The fraction of sp³-hybridized carbons (Fsp3) is 1.00. The molecule has 0 spiro atoms. The molecular formula is C13H27N3O. The Kier molecular flexibility index (Phi) is 4.42. The number of hydrogen-bond donors (Lipinski definition) is 2. The van der Waals surface area contributed by atoms with E-state index in [2.05, 4.69) is 24.1 Å². The summed E-state index contributed by atoms with van der Waals surface area (Å²) in [5.41, 5.74) is 6.64. The fourth-order valence-corrected chi connectivity index (χ4v) is 3.10. The van der Waals surface area contributed by atoms with Gasteiger partial charge in [0.2, 0.25) is 0 Å². The molecule has 2 aliphatic heterocycles. The fourth-order valence-electron chi connectivity index (χ4n) is 3.10. The largest absolute Gasteiger partial charge is 0.381 e. The lowest BCUT2D eigenvalue weighted by Crippen LogP contribution is -2.63. The molecule has 0 aromatic rings. The first-order valence-electron chi connectivity index (χ1n) is 6.91. The highest BCUT2D eigenvalue weighted by Crippen LogP contribution is 2.28. The number of nitrogens with zero attached hydrogens (tertiary/aromatic N) is 1. The Morgan fingerprint density at radius 1 is 1.24 bits per heavy atom. The highest BCUT2D eigenvalue weighted by Gasteiger charge is 2.38. The summed E-state index contributed by atoms with van der Waals surface area (Å²) < 4.78 is 5.43. The van der Waals surface area contributed by atoms with Crippen LogP contribution in [0.1, 0.15) is 26.7 Å². The molecule has 4 heteroatoms. The molecule has 0 amide bonds. The molecule has 0 aliphatic carbocycles. The van der Waals surface area contributed by atoms with E-state index in [1.54, 1.807) is 0 Å². The van der Waals surface area contributed by atoms with Crippen molar-refractivity contribution in [2.24, 2.45) is 11.7 Å². The molecule has 0 radical (unpaired) electrons. The second kappa shape index (κ2) is 5.65. The van der Waals surface area contributed by atoms with Gasteiger partial charge in [-0.05, 0) is 32.6 Å². The summed E-state index contributed by atoms with van der Waals surface area (Å²) in [5.74, 6) is 0.619. The summed E-state index contributed by atoms with van der Waals surface area (Å²) in [7, 11) is 0. The zero-order chi connectivity index (χ0) is 12.3. The van der Waals surface area contributed by atoms with Crippen LogP contribution in [0.4, 0.5) is 0 Å². The van der Waals surface area contributed by atoms with Crippen LogP contribution in [0.5, 0.6) is 0 Å². The molecule has 0 aromatic heterocycles. The van der Waals surface area contributed by atoms with Gasteiger partial charge >= 0.3 is 0 Å². The van der Waals surface area contributed by atoms with Crippen LogP contribution < -0.4 is 11.1 Å². The van der Waals surface area contributed by atoms with Gasteiger partial charge < -0.3 is 15.8 Å². The predicted octanol–water partition coefficient (Wildman–Crippen LogP) is 0.424. The Hall–Kier alpha value is -0.160. The second-order valence-corrected chi connectivity index (χ2v) is 5.87. The van der Waals surface area contributed by atoms with Gasteiger partial charge in [-0.25, -0.2) is 0 Å². The third kappa shape index (κ3) is 2.99. The topological polar surface area (TPSA) is 50.5 Å². The average molecular weight is 241 g/mol. The lowest BCUT2D eigenvalue weighted by atomic mass is 9.79. The highest BCUT2D eigenvalue weighted by atomic mass is 16.5. The molecule has 2 heterocycles. The average Bonchev–Trinajstić information content (AvgIpc) is 2.40. The highest BCUT2D eigenvalue weighted by molar-refractivity contribution is 4.97. The van der Waals surface area contributed by atoms with E-state index in [0.29, 0.717) is 5.92 Å². The zero-order valence-electron chi connectivity index (χ0n) is 11.2. The minimum atomic E-state index is 0.101. The standard InChI is InChI=1S/C13H27N3O/c1-13(2,16-7-5-15-6-8-16)12(14)11-3-9-17-10-4-11/h11-12,15H,3-10,14H2,1-2H3. The van der Waals surface area contributed by atoms with E-state index >= 15 is 0 Å². The van der Waals surface area contributed by atoms with E-state index in [-0.39, 0.29) is 11.6 Å². The Morgan fingerprint density at radius 3 is 2.41 bits per heavy atom. The van der Waals surface area contributed by atoms with Crippen LogP contribution in [-0.2, 0) is 4.74 Å². The van der Waals surface area contributed by atoms with Crippen molar-refractivity contribution in [3.05, 3.63) is 0 Å². The van der Waals surface area contributed by atoms with Gasteiger partial charge in [-0.2, -0.15) is 0 Å². The first kappa shape index (κ1) is 13.3. The summed E-state index contributed by atoms with van der Waals surface area (Å²) in [6.45, 7) is 10.8. The lowest BCUT2D eigenvalue weighted by molar-refractivity contribution is 0.0128. The summed E-state index contributed by atoms with van der Waals surface area (Å²) in [5, 5.41) is 3.40. The molecule has 17 heavy (non-hydrogen) atoms. The number of nitrogens with one attached hydrogen (secondary N) is 1. The predicted molar refractivity (Wildman–Crippen MR) is 70.0 cm³/mol. The Labute approximate surface area is 105 Å². The molecule has 100 valence electrons. The molecule has 0 saturated carbocycles. The Morgan fingerprint density at radius 2 is 1.82 bits per heavy atom. The molecule has 4 nitrogen and oxygen atoms in total. The van der Waals surface area contributed by atoms with Crippen molar-refractivity contribution in [1.29, 1.82) is 0 Å². The van der Waals surface area contributed by atoms with Crippen LogP contribution in [0.2, 0.25) is 0 Å². The number of rotatable bonds is 3. The molecule has 2 fully saturated rings. The van der Waals surface area contributed by atoms with Crippen molar-refractivity contribution in [2.75, 3.05) is 39.4 Å². The number of ether oxygens (including phenoxy) is 1. The van der Waals surface area contributed by atoms with Crippen LogP contribution in [0, 0.1) is 5.92 Å². The van der Waals surface area contributed by atoms with Crippen LogP contribution >= 0.6 is 0 Å². The molecular weight excluding hydrogens is 214 g/mol. The molecule has 2 saturated heterocycles. The van der Waals surface area contributed by atoms with E-state index in [9.17, 15) is 0 Å². The van der Waals surface area contributed by atoms with Gasteiger partial charge in [-0.15, -0.1) is 0 Å². The number of hydrogen-bond acceptors (Lipinski definition) is 4. The van der Waals surface area contributed by atoms with Gasteiger partial charge in [0.05, 0.1) is 0 Å². The van der Waals surface area contributed by atoms with E-state index in [4.69, 9.17) is 10.5 Å². The SMILES string of the molecule is CC(C)(C(N)C1CCOCC1)N1CCNCC1. The van der Waals surface area contributed by atoms with Crippen molar-refractivity contribution in [2.45, 2.75) is 38.3 Å².